The summed E-state index contributed by atoms with van der Waals surface area (Å²) in [7, 11) is 4.04. The van der Waals surface area contributed by atoms with Crippen LogP contribution in [0.15, 0.2) is 42.9 Å². The number of nitrogens with zero attached hydrogens (tertiary/aromatic N) is 6. The van der Waals surface area contributed by atoms with E-state index in [1.807, 2.05) is 32.1 Å². The largest absolute Gasteiger partial charge is 0.368 e. The quantitative estimate of drug-likeness (QED) is 0.725. The molecule has 134 valence electrons. The van der Waals surface area contributed by atoms with Crippen molar-refractivity contribution in [2.24, 2.45) is 0 Å². The molecule has 0 unspecified atom stereocenters. The Morgan fingerprint density at radius 2 is 1.54 bits per heavy atom. The van der Waals surface area contributed by atoms with Crippen molar-refractivity contribution in [1.82, 2.24) is 15.0 Å². The van der Waals surface area contributed by atoms with Crippen molar-refractivity contribution in [3.05, 3.63) is 48.5 Å². The molecule has 6 heteroatoms. The first-order chi connectivity index (χ1) is 12.6. The second kappa shape index (κ2) is 6.78. The lowest BCUT2D eigenvalue weighted by atomic mass is 10.1. The molecule has 4 rings (SSSR count). The highest BCUT2D eigenvalue weighted by molar-refractivity contribution is 5.91. The number of hydrogen-bond acceptors (Lipinski definition) is 6. The fraction of sp³-hybridized carbons (Fsp3) is 0.350. The molecular formula is C20H24N6. The number of benzene rings is 1. The average molecular weight is 348 g/mol. The lowest BCUT2D eigenvalue weighted by molar-refractivity contribution is 0.653. The Labute approximate surface area is 154 Å². The number of piperazine rings is 1. The zero-order valence-corrected chi connectivity index (χ0v) is 15.6. The Balaban J connectivity index is 1.55. The SMILES string of the molecule is Cc1cc(N2CCN(c3ccc4ncnc(N(C)C)c4c3)CC2)ccn1. The Morgan fingerprint density at radius 1 is 0.846 bits per heavy atom. The topological polar surface area (TPSA) is 48.4 Å². The molecule has 3 aromatic rings. The summed E-state index contributed by atoms with van der Waals surface area (Å²) in [6.07, 6.45) is 3.52. The fourth-order valence-electron chi connectivity index (χ4n) is 3.53. The normalized spacial score (nSPS) is 14.7. The van der Waals surface area contributed by atoms with E-state index in [9.17, 15) is 0 Å². The molecule has 0 N–H and O–H groups in total. The molecule has 3 heterocycles. The molecule has 1 saturated heterocycles. The summed E-state index contributed by atoms with van der Waals surface area (Å²) in [4.78, 5) is 20.0. The summed E-state index contributed by atoms with van der Waals surface area (Å²) in [5.74, 6) is 0.961. The van der Waals surface area contributed by atoms with Crippen LogP contribution in [-0.4, -0.2) is 55.2 Å². The molecule has 1 aromatic carbocycles. The van der Waals surface area contributed by atoms with Crippen LogP contribution in [0, 0.1) is 6.92 Å². The highest BCUT2D eigenvalue weighted by atomic mass is 15.3. The van der Waals surface area contributed by atoms with Gasteiger partial charge in [0.15, 0.2) is 0 Å². The molecule has 0 aliphatic carbocycles. The lowest BCUT2D eigenvalue weighted by Gasteiger charge is -2.37. The van der Waals surface area contributed by atoms with E-state index >= 15 is 0 Å². The maximum absolute atomic E-state index is 4.43. The van der Waals surface area contributed by atoms with Crippen LogP contribution in [0.3, 0.4) is 0 Å². The molecular weight excluding hydrogens is 324 g/mol. The van der Waals surface area contributed by atoms with E-state index < -0.39 is 0 Å². The van der Waals surface area contributed by atoms with Gasteiger partial charge in [-0.3, -0.25) is 4.98 Å². The minimum Gasteiger partial charge on any atom is -0.368 e. The molecule has 2 aromatic heterocycles. The molecule has 6 nitrogen and oxygen atoms in total. The zero-order chi connectivity index (χ0) is 18.1. The predicted molar refractivity (Wildman–Crippen MR) is 107 cm³/mol. The highest BCUT2D eigenvalue weighted by Crippen LogP contribution is 2.28. The van der Waals surface area contributed by atoms with Crippen LogP contribution in [0.1, 0.15) is 5.69 Å². The van der Waals surface area contributed by atoms with Crippen LogP contribution < -0.4 is 14.7 Å². The summed E-state index contributed by atoms with van der Waals surface area (Å²) in [5.41, 5.74) is 4.55. The maximum atomic E-state index is 4.43. The van der Waals surface area contributed by atoms with Gasteiger partial charge in [-0.25, -0.2) is 9.97 Å². The van der Waals surface area contributed by atoms with Crippen LogP contribution in [-0.2, 0) is 0 Å². The number of aromatic nitrogens is 3. The third kappa shape index (κ3) is 3.14. The Morgan fingerprint density at radius 3 is 2.19 bits per heavy atom. The molecule has 0 radical (unpaired) electrons. The first kappa shape index (κ1) is 16.6. The Bertz CT molecular complexity index is 915. The standard InChI is InChI=1S/C20H24N6/c1-15-12-17(6-7-21-15)26-10-8-25(9-11-26)16-4-5-19-18(13-16)20(24(2)3)23-14-22-19/h4-7,12-14H,8-11H2,1-3H3. The summed E-state index contributed by atoms with van der Waals surface area (Å²) >= 11 is 0. The van der Waals surface area contributed by atoms with Crippen molar-refractivity contribution >= 4 is 28.1 Å². The number of anilines is 3. The van der Waals surface area contributed by atoms with Crippen molar-refractivity contribution in [2.75, 3.05) is 55.0 Å². The van der Waals surface area contributed by atoms with Crippen molar-refractivity contribution in [2.45, 2.75) is 6.92 Å². The molecule has 26 heavy (non-hydrogen) atoms. The second-order valence-electron chi connectivity index (χ2n) is 6.92. The molecule has 0 atom stereocenters. The Hall–Kier alpha value is -2.89. The maximum Gasteiger partial charge on any atom is 0.139 e. The van der Waals surface area contributed by atoms with Gasteiger partial charge in [0.1, 0.15) is 12.1 Å². The van der Waals surface area contributed by atoms with Crippen LogP contribution >= 0.6 is 0 Å². The van der Waals surface area contributed by atoms with Gasteiger partial charge in [-0.15, -0.1) is 0 Å². The minimum absolute atomic E-state index is 0.961. The van der Waals surface area contributed by atoms with Gasteiger partial charge in [-0.05, 0) is 37.3 Å². The van der Waals surface area contributed by atoms with Gasteiger partial charge in [0.05, 0.1) is 5.52 Å². The third-order valence-corrected chi connectivity index (χ3v) is 4.91. The van der Waals surface area contributed by atoms with E-state index in [2.05, 4.69) is 55.1 Å². The van der Waals surface area contributed by atoms with Gasteiger partial charge in [-0.2, -0.15) is 0 Å². The average Bonchev–Trinajstić information content (AvgIpc) is 2.67. The number of pyridine rings is 1. The smallest absolute Gasteiger partial charge is 0.139 e. The van der Waals surface area contributed by atoms with Gasteiger partial charge in [0.2, 0.25) is 0 Å². The van der Waals surface area contributed by atoms with Crippen molar-refractivity contribution < 1.29 is 0 Å². The summed E-state index contributed by atoms with van der Waals surface area (Å²) in [5, 5.41) is 1.10. The summed E-state index contributed by atoms with van der Waals surface area (Å²) < 4.78 is 0. The molecule has 1 aliphatic heterocycles. The van der Waals surface area contributed by atoms with Crippen molar-refractivity contribution in [3.8, 4) is 0 Å². The molecule has 0 spiro atoms. The van der Waals surface area contributed by atoms with Crippen LogP contribution in [0.25, 0.3) is 10.9 Å². The van der Waals surface area contributed by atoms with E-state index in [1.54, 1.807) is 6.33 Å². The van der Waals surface area contributed by atoms with Crippen molar-refractivity contribution in [3.63, 3.8) is 0 Å². The molecule has 1 fully saturated rings. The molecule has 0 saturated carbocycles. The summed E-state index contributed by atoms with van der Waals surface area (Å²) in [6.45, 7) is 6.05. The van der Waals surface area contributed by atoms with Crippen LogP contribution in [0.5, 0.6) is 0 Å². The van der Waals surface area contributed by atoms with Crippen LogP contribution in [0.2, 0.25) is 0 Å². The molecule has 0 amide bonds. The van der Waals surface area contributed by atoms with Crippen molar-refractivity contribution in [1.29, 1.82) is 0 Å². The minimum atomic E-state index is 0.961. The zero-order valence-electron chi connectivity index (χ0n) is 15.6. The van der Waals surface area contributed by atoms with Gasteiger partial charge >= 0.3 is 0 Å². The molecule has 0 bridgehead atoms. The van der Waals surface area contributed by atoms with E-state index in [1.165, 1.54) is 11.4 Å². The highest BCUT2D eigenvalue weighted by Gasteiger charge is 2.18. The van der Waals surface area contributed by atoms with Gasteiger partial charge in [-0.1, -0.05) is 0 Å². The van der Waals surface area contributed by atoms with Gasteiger partial charge < -0.3 is 14.7 Å². The van der Waals surface area contributed by atoms with E-state index in [0.29, 0.717) is 0 Å². The fourth-order valence-corrected chi connectivity index (χ4v) is 3.53. The third-order valence-electron chi connectivity index (χ3n) is 4.91. The monoisotopic (exact) mass is 348 g/mol. The summed E-state index contributed by atoms with van der Waals surface area (Å²) in [6, 6.07) is 10.7. The van der Waals surface area contributed by atoms with Gasteiger partial charge in [0.25, 0.3) is 0 Å². The lowest BCUT2D eigenvalue weighted by Crippen LogP contribution is -2.46. The van der Waals surface area contributed by atoms with E-state index in [4.69, 9.17) is 0 Å². The Kier molecular flexibility index (Phi) is 4.32. The number of aryl methyl sites for hydroxylation is 1. The van der Waals surface area contributed by atoms with E-state index in [-0.39, 0.29) is 0 Å². The number of rotatable bonds is 3. The van der Waals surface area contributed by atoms with Gasteiger partial charge in [0, 0.05) is 68.9 Å². The molecule has 1 aliphatic rings. The van der Waals surface area contributed by atoms with Crippen LogP contribution in [0.4, 0.5) is 17.2 Å². The first-order valence-electron chi connectivity index (χ1n) is 8.96. The number of fused-ring (bicyclic) bond motifs is 1. The van der Waals surface area contributed by atoms with E-state index in [0.717, 1.165) is 48.6 Å². The predicted octanol–water partition coefficient (Wildman–Crippen LogP) is 2.73. The second-order valence-corrected chi connectivity index (χ2v) is 6.92. The first-order valence-corrected chi connectivity index (χ1v) is 8.96. The number of hydrogen-bond donors (Lipinski definition) is 0.